The fourth-order valence-electron chi connectivity index (χ4n) is 3.56. The Balaban J connectivity index is 1.73. The number of hydrogen-bond donors (Lipinski definition) is 1. The minimum atomic E-state index is -3.57. The van der Waals surface area contributed by atoms with Gasteiger partial charge in [-0.15, -0.1) is 0 Å². The van der Waals surface area contributed by atoms with E-state index in [1.807, 2.05) is 38.1 Å². The van der Waals surface area contributed by atoms with E-state index in [1.165, 1.54) is 16.6 Å². The van der Waals surface area contributed by atoms with Crippen LogP contribution in [0.2, 0.25) is 5.02 Å². The summed E-state index contributed by atoms with van der Waals surface area (Å²) in [5.41, 5.74) is 1.02. The summed E-state index contributed by atoms with van der Waals surface area (Å²) in [6, 6.07) is 9.03. The van der Waals surface area contributed by atoms with E-state index in [0.29, 0.717) is 30.4 Å². The van der Waals surface area contributed by atoms with Gasteiger partial charge in [0.2, 0.25) is 10.0 Å². The van der Waals surface area contributed by atoms with Crippen LogP contribution in [0, 0.1) is 0 Å². The maximum atomic E-state index is 12.9. The number of nitrogens with zero attached hydrogens (tertiary/aromatic N) is 2. The first-order valence-corrected chi connectivity index (χ1v) is 11.6. The van der Waals surface area contributed by atoms with Crippen molar-refractivity contribution in [1.82, 2.24) is 14.2 Å². The molecule has 1 aromatic heterocycles. The fraction of sp³-hybridized carbons (Fsp3) is 0.476. The van der Waals surface area contributed by atoms with Crippen LogP contribution in [0.5, 0.6) is 0 Å². The normalized spacial score (nSPS) is 16.0. The number of aromatic nitrogens is 1. The van der Waals surface area contributed by atoms with Gasteiger partial charge in [-0.1, -0.05) is 44.0 Å². The number of piperidine rings is 1. The van der Waals surface area contributed by atoms with Crippen molar-refractivity contribution in [2.45, 2.75) is 43.4 Å². The molecule has 0 aliphatic carbocycles. The number of carbonyl (C=O) groups excluding carboxylic acids is 1. The van der Waals surface area contributed by atoms with E-state index >= 15 is 0 Å². The number of hydrogen-bond acceptors (Lipinski definition) is 3. The fourth-order valence-corrected chi connectivity index (χ4v) is 5.34. The molecule has 0 unspecified atom stereocenters. The summed E-state index contributed by atoms with van der Waals surface area (Å²) in [5.74, 6) is -0.303. The Kier molecular flexibility index (Phi) is 6.41. The highest BCUT2D eigenvalue weighted by Crippen LogP contribution is 2.26. The van der Waals surface area contributed by atoms with Crippen molar-refractivity contribution in [3.63, 3.8) is 0 Å². The van der Waals surface area contributed by atoms with E-state index in [9.17, 15) is 13.2 Å². The second-order valence-corrected chi connectivity index (χ2v) is 10.6. The number of amides is 1. The summed E-state index contributed by atoms with van der Waals surface area (Å²) < 4.78 is 28.8. The van der Waals surface area contributed by atoms with Crippen molar-refractivity contribution in [3.05, 3.63) is 52.8 Å². The van der Waals surface area contributed by atoms with Gasteiger partial charge in [0.1, 0.15) is 10.6 Å². The van der Waals surface area contributed by atoms with Crippen LogP contribution in [0.15, 0.2) is 41.4 Å². The Morgan fingerprint density at radius 1 is 1.17 bits per heavy atom. The lowest BCUT2D eigenvalue weighted by molar-refractivity contribution is 0.0937. The Morgan fingerprint density at radius 3 is 2.52 bits per heavy atom. The summed E-state index contributed by atoms with van der Waals surface area (Å²) in [6.07, 6.45) is 4.31. The van der Waals surface area contributed by atoms with Crippen LogP contribution in [-0.2, 0) is 22.5 Å². The highest BCUT2D eigenvalue weighted by Gasteiger charge is 2.29. The molecule has 0 radical (unpaired) electrons. The van der Waals surface area contributed by atoms with Crippen molar-refractivity contribution in [1.29, 1.82) is 0 Å². The molecule has 1 fully saturated rings. The summed E-state index contributed by atoms with van der Waals surface area (Å²) in [7, 11) is -1.88. The average Bonchev–Trinajstić information content (AvgIpc) is 3.09. The molecule has 1 saturated heterocycles. The van der Waals surface area contributed by atoms with Gasteiger partial charge in [-0.2, -0.15) is 4.31 Å². The number of sulfonamides is 1. The highest BCUT2D eigenvalue weighted by molar-refractivity contribution is 7.89. The van der Waals surface area contributed by atoms with E-state index in [1.54, 1.807) is 11.6 Å². The Hall–Kier alpha value is -1.83. The zero-order valence-electron chi connectivity index (χ0n) is 17.1. The summed E-state index contributed by atoms with van der Waals surface area (Å²) in [5, 5.41) is 3.58. The standard InChI is InChI=1S/C21H28ClN3O3S/c1-21(2,16-8-7-9-17(22)12-16)15-23-20(26)19-13-18(14-24(19)3)29(27,28)25-10-5-4-6-11-25/h7-9,12-14H,4-6,10-11,15H2,1-3H3,(H,23,26). The molecule has 1 aliphatic heterocycles. The van der Waals surface area contributed by atoms with Crippen LogP contribution < -0.4 is 5.32 Å². The van der Waals surface area contributed by atoms with Gasteiger partial charge in [0.05, 0.1) is 0 Å². The smallest absolute Gasteiger partial charge is 0.267 e. The van der Waals surface area contributed by atoms with Gasteiger partial charge in [0, 0.05) is 43.3 Å². The number of benzene rings is 1. The first kappa shape index (κ1) is 21.9. The van der Waals surface area contributed by atoms with Crippen LogP contribution in [0.4, 0.5) is 0 Å². The molecule has 1 aromatic carbocycles. The monoisotopic (exact) mass is 437 g/mol. The SMILES string of the molecule is Cn1cc(S(=O)(=O)N2CCCCC2)cc1C(=O)NCC(C)(C)c1cccc(Cl)c1. The first-order valence-electron chi connectivity index (χ1n) is 9.82. The molecule has 29 heavy (non-hydrogen) atoms. The summed E-state index contributed by atoms with van der Waals surface area (Å²) in [4.78, 5) is 12.9. The van der Waals surface area contributed by atoms with Crippen molar-refractivity contribution in [3.8, 4) is 0 Å². The third-order valence-electron chi connectivity index (χ3n) is 5.46. The Morgan fingerprint density at radius 2 is 1.86 bits per heavy atom. The predicted molar refractivity (Wildman–Crippen MR) is 115 cm³/mol. The van der Waals surface area contributed by atoms with Gasteiger partial charge in [-0.25, -0.2) is 8.42 Å². The van der Waals surface area contributed by atoms with Crippen LogP contribution >= 0.6 is 11.6 Å². The Bertz CT molecular complexity index is 992. The van der Waals surface area contributed by atoms with Crippen molar-refractivity contribution in [2.24, 2.45) is 7.05 Å². The highest BCUT2D eigenvalue weighted by atomic mass is 35.5. The molecule has 0 bridgehead atoms. The third-order valence-corrected chi connectivity index (χ3v) is 7.56. The quantitative estimate of drug-likeness (QED) is 0.751. The first-order chi connectivity index (χ1) is 13.6. The summed E-state index contributed by atoms with van der Waals surface area (Å²) in [6.45, 7) is 5.51. The maximum Gasteiger partial charge on any atom is 0.267 e. The zero-order valence-corrected chi connectivity index (χ0v) is 18.7. The molecule has 0 atom stereocenters. The molecule has 1 N–H and O–H groups in total. The van der Waals surface area contributed by atoms with Crippen LogP contribution in [0.3, 0.4) is 0 Å². The van der Waals surface area contributed by atoms with Gasteiger partial charge >= 0.3 is 0 Å². The number of aryl methyl sites for hydroxylation is 1. The molecule has 0 spiro atoms. The van der Waals surface area contributed by atoms with E-state index in [4.69, 9.17) is 11.6 Å². The van der Waals surface area contributed by atoms with Gasteiger partial charge in [-0.05, 0) is 36.6 Å². The lowest BCUT2D eigenvalue weighted by Gasteiger charge is -2.26. The van der Waals surface area contributed by atoms with E-state index in [-0.39, 0.29) is 16.2 Å². The average molecular weight is 438 g/mol. The van der Waals surface area contributed by atoms with Crippen molar-refractivity contribution in [2.75, 3.05) is 19.6 Å². The molecule has 2 aromatic rings. The molecule has 8 heteroatoms. The molecule has 6 nitrogen and oxygen atoms in total. The lowest BCUT2D eigenvalue weighted by atomic mass is 9.84. The Labute approximate surface area is 177 Å². The van der Waals surface area contributed by atoms with E-state index in [2.05, 4.69) is 5.32 Å². The zero-order chi connectivity index (χ0) is 21.2. The molecule has 2 heterocycles. The van der Waals surface area contributed by atoms with Crippen LogP contribution in [-0.4, -0.2) is 42.8 Å². The number of rotatable bonds is 6. The lowest BCUT2D eigenvalue weighted by Crippen LogP contribution is -2.37. The van der Waals surface area contributed by atoms with Gasteiger partial charge < -0.3 is 9.88 Å². The molecular formula is C21H28ClN3O3S. The van der Waals surface area contributed by atoms with Crippen molar-refractivity contribution < 1.29 is 13.2 Å². The molecular weight excluding hydrogens is 410 g/mol. The van der Waals surface area contributed by atoms with E-state index in [0.717, 1.165) is 24.8 Å². The van der Waals surface area contributed by atoms with Crippen LogP contribution in [0.25, 0.3) is 0 Å². The number of nitrogens with one attached hydrogen (secondary N) is 1. The predicted octanol–water partition coefficient (Wildman–Crippen LogP) is 3.56. The topological polar surface area (TPSA) is 71.4 Å². The van der Waals surface area contributed by atoms with E-state index < -0.39 is 10.0 Å². The number of carbonyl (C=O) groups is 1. The van der Waals surface area contributed by atoms with Gasteiger partial charge in [-0.3, -0.25) is 4.79 Å². The second kappa shape index (κ2) is 8.50. The molecule has 0 saturated carbocycles. The number of halogens is 1. The van der Waals surface area contributed by atoms with Gasteiger partial charge in [0.15, 0.2) is 0 Å². The minimum Gasteiger partial charge on any atom is -0.350 e. The third kappa shape index (κ3) is 4.85. The summed E-state index contributed by atoms with van der Waals surface area (Å²) >= 11 is 6.09. The van der Waals surface area contributed by atoms with Crippen LogP contribution in [0.1, 0.15) is 49.2 Å². The molecule has 158 valence electrons. The minimum absolute atomic E-state index is 0.168. The second-order valence-electron chi connectivity index (χ2n) is 8.21. The van der Waals surface area contributed by atoms with Crippen molar-refractivity contribution >= 4 is 27.5 Å². The maximum absolute atomic E-state index is 12.9. The molecule has 3 rings (SSSR count). The largest absolute Gasteiger partial charge is 0.350 e. The van der Waals surface area contributed by atoms with Gasteiger partial charge in [0.25, 0.3) is 5.91 Å². The molecule has 1 aliphatic rings. The molecule has 1 amide bonds.